The molecule has 0 atom stereocenters. The lowest BCUT2D eigenvalue weighted by Crippen LogP contribution is -2.47. The van der Waals surface area contributed by atoms with Crippen molar-refractivity contribution in [3.63, 3.8) is 0 Å². The van der Waals surface area contributed by atoms with E-state index in [2.05, 4.69) is 36.6 Å². The summed E-state index contributed by atoms with van der Waals surface area (Å²) in [7, 11) is -1.61. The summed E-state index contributed by atoms with van der Waals surface area (Å²) in [6.45, 7) is 7.35. The fourth-order valence-corrected chi connectivity index (χ4v) is 11.3. The second kappa shape index (κ2) is 28.0. The number of nitrogens with zero attached hydrogens (tertiary/aromatic N) is 3. The normalized spacial score (nSPS) is 14.1. The first-order valence-electron chi connectivity index (χ1n) is 29.8. The van der Waals surface area contributed by atoms with Crippen LogP contribution < -0.4 is 45.9 Å². The topological polar surface area (TPSA) is 230 Å². The molecule has 0 aliphatic carbocycles. The SMILES string of the molecule is CN1CCN(CC(=O)Nc2ccc3c(c2)c(=O)oc2cc(OCc4ccccc4)ccc23)CC1.COc1ccc2c(c1)c(=O)oc1cc(OS(=O)(=O)C(C)(F)F)ccc12.O=C(CN1CCCCC1)Nc1ccc2c(c1)c(=O)oc1cc(OCc3ccccc3)ccc12. The molecule has 2 N–H and O–H groups in total. The number of amides is 2. The maximum absolute atomic E-state index is 13.0. The fraction of sp³-hybridized carbons (Fsp3) is 0.243. The van der Waals surface area contributed by atoms with E-state index in [1.165, 1.54) is 31.7 Å². The Labute approximate surface area is 526 Å². The summed E-state index contributed by atoms with van der Waals surface area (Å²) in [6, 6.07) is 50.0. The van der Waals surface area contributed by atoms with Crippen molar-refractivity contribution in [3.8, 4) is 23.0 Å². The van der Waals surface area contributed by atoms with Crippen LogP contribution in [0.3, 0.4) is 0 Å². The number of halogens is 2. The maximum Gasteiger partial charge on any atom is 0.377 e. The number of piperidine rings is 1. The molecule has 8 aromatic carbocycles. The third-order valence-electron chi connectivity index (χ3n) is 15.8. The van der Waals surface area contributed by atoms with Crippen molar-refractivity contribution < 1.29 is 58.4 Å². The van der Waals surface area contributed by atoms with Gasteiger partial charge in [0.1, 0.15) is 53.0 Å². The molecule has 0 saturated carbocycles. The quantitative estimate of drug-likeness (QED) is 0.0520. The molecule has 13 rings (SSSR count). The molecule has 11 aromatic rings. The number of nitrogens with one attached hydrogen (secondary N) is 2. The summed E-state index contributed by atoms with van der Waals surface area (Å²) < 4.78 is 86.5. The number of carbonyl (C=O) groups is 2. The van der Waals surface area contributed by atoms with Crippen molar-refractivity contribution >= 4 is 98.5 Å². The van der Waals surface area contributed by atoms with Crippen molar-refractivity contribution in [2.75, 3.05) is 77.1 Å². The van der Waals surface area contributed by atoms with E-state index in [1.807, 2.05) is 109 Å². The molecule has 2 aliphatic rings. The predicted octanol–water partition coefficient (Wildman–Crippen LogP) is 11.9. The highest BCUT2D eigenvalue weighted by Crippen LogP contribution is 2.33. The van der Waals surface area contributed by atoms with Crippen molar-refractivity contribution in [3.05, 3.63) is 212 Å². The van der Waals surface area contributed by atoms with Crippen molar-refractivity contribution in [2.24, 2.45) is 0 Å². The lowest BCUT2D eigenvalue weighted by molar-refractivity contribution is -0.118. The number of anilines is 2. The molecule has 5 heterocycles. The molecule has 0 bridgehead atoms. The number of rotatable bonds is 16. The average molecular weight is 1270 g/mol. The molecule has 2 fully saturated rings. The first-order chi connectivity index (χ1) is 44.3. The van der Waals surface area contributed by atoms with Gasteiger partial charge in [-0.2, -0.15) is 17.2 Å². The molecule has 92 heavy (non-hydrogen) atoms. The van der Waals surface area contributed by atoms with Gasteiger partial charge >= 0.3 is 32.2 Å². The van der Waals surface area contributed by atoms with Gasteiger partial charge < -0.3 is 47.2 Å². The number of methoxy groups -OCH3 is 1. The van der Waals surface area contributed by atoms with Crippen molar-refractivity contribution in [1.82, 2.24) is 14.7 Å². The van der Waals surface area contributed by atoms with Crippen LogP contribution in [0.1, 0.15) is 37.3 Å². The van der Waals surface area contributed by atoms with Crippen LogP contribution in [0.4, 0.5) is 20.2 Å². The molecule has 0 unspecified atom stereocenters. The molecule has 2 amide bonds. The summed E-state index contributed by atoms with van der Waals surface area (Å²) in [4.78, 5) is 69.1. The van der Waals surface area contributed by atoms with Crippen LogP contribution >= 0.6 is 0 Å². The Hall–Kier alpha value is -10.0. The number of carbonyl (C=O) groups excluding carboxylic acids is 2. The standard InChI is InChI=1S/C27H27N3O4.C27H26N2O4.C16H12F2O6S/c1-29-11-13-30(14-12-29)17-26(31)28-20-7-9-22-23-10-8-21(33-18-19-5-3-2-4-6-19)16-25(23)34-27(32)24(22)15-20;30-26(17-29-13-5-2-6-14-29)28-20-9-11-22-23-12-10-21(32-18-19-7-3-1-4-8-19)16-25(23)33-27(31)24(22)15-20;1-16(17,18)25(20,21)24-10-4-6-12-11-5-3-9(22-2)7-13(11)15(19)23-14(12)8-10/h2-10,15-16H,11-14,17-18H2,1H3,(H,28,31);1,3-4,7-12,15-16H,2,5-6,13-14,17-18H2,(H,28,30);3-8H,1-2H3. The first kappa shape index (κ1) is 63.6. The van der Waals surface area contributed by atoms with Crippen molar-refractivity contribution in [2.45, 2.75) is 44.7 Å². The monoisotopic (exact) mass is 1270 g/mol. The number of hydrogen-bond acceptors (Lipinski definition) is 17. The van der Waals surface area contributed by atoms with Gasteiger partial charge in [-0.25, -0.2) is 14.4 Å². The Bertz CT molecular complexity index is 4820. The van der Waals surface area contributed by atoms with Gasteiger partial charge in [-0.3, -0.25) is 19.4 Å². The van der Waals surface area contributed by atoms with E-state index in [-0.39, 0.29) is 35.5 Å². The van der Waals surface area contributed by atoms with Crippen LogP contribution in [0.25, 0.3) is 65.2 Å². The maximum atomic E-state index is 13.0. The Morgan fingerprint density at radius 3 is 1.32 bits per heavy atom. The number of benzene rings is 8. The largest absolute Gasteiger partial charge is 0.497 e. The second-order valence-corrected chi connectivity index (χ2v) is 24.3. The highest BCUT2D eigenvalue weighted by molar-refractivity contribution is 7.88. The highest BCUT2D eigenvalue weighted by Gasteiger charge is 2.42. The average Bonchev–Trinajstić information content (AvgIpc) is 0.817. The van der Waals surface area contributed by atoms with E-state index in [4.69, 9.17) is 27.5 Å². The van der Waals surface area contributed by atoms with Crippen LogP contribution in [0.15, 0.2) is 197 Å². The number of alkyl halides is 2. The minimum absolute atomic E-state index is 0.00906. The second-order valence-electron chi connectivity index (χ2n) is 22.5. The zero-order valence-electron chi connectivity index (χ0n) is 50.6. The molecule has 3 aromatic heterocycles. The highest BCUT2D eigenvalue weighted by atomic mass is 32.2. The van der Waals surface area contributed by atoms with E-state index in [1.54, 1.807) is 36.4 Å². The Kier molecular flexibility index (Phi) is 19.4. The minimum Gasteiger partial charge on any atom is -0.497 e. The summed E-state index contributed by atoms with van der Waals surface area (Å²) in [5.41, 5.74) is 2.69. The summed E-state index contributed by atoms with van der Waals surface area (Å²) in [5, 5.41) is 7.14. The molecule has 2 aliphatic heterocycles. The Morgan fingerprint density at radius 1 is 0.478 bits per heavy atom. The van der Waals surface area contributed by atoms with Gasteiger partial charge in [0.05, 0.1) is 36.4 Å². The summed E-state index contributed by atoms with van der Waals surface area (Å²) >= 11 is 0. The molecule has 2 saturated heterocycles. The van der Waals surface area contributed by atoms with E-state index < -0.39 is 32.2 Å². The van der Waals surface area contributed by atoms with Crippen molar-refractivity contribution in [1.29, 1.82) is 0 Å². The van der Waals surface area contributed by atoms with Gasteiger partial charge in [-0.15, -0.1) is 0 Å². The molecule has 22 heteroatoms. The lowest BCUT2D eigenvalue weighted by atomic mass is 10.1. The van der Waals surface area contributed by atoms with Gasteiger partial charge in [0, 0.05) is 95.0 Å². The number of hydrogen-bond donors (Lipinski definition) is 2. The third kappa shape index (κ3) is 15.4. The first-order valence-corrected chi connectivity index (χ1v) is 31.2. The van der Waals surface area contributed by atoms with Crippen LogP contribution in [-0.2, 0) is 32.9 Å². The number of ether oxygens (including phenoxy) is 3. The van der Waals surface area contributed by atoms with E-state index in [0.717, 1.165) is 90.8 Å². The zero-order chi connectivity index (χ0) is 64.5. The number of piperazine rings is 1. The number of likely N-dealkylation sites (tertiary alicyclic amines) is 1. The Morgan fingerprint density at radius 2 is 0.870 bits per heavy atom. The van der Waals surface area contributed by atoms with Gasteiger partial charge in [0.25, 0.3) is 0 Å². The van der Waals surface area contributed by atoms with E-state index in [0.29, 0.717) is 87.6 Å². The molecular weight excluding hydrogens is 1200 g/mol. The predicted molar refractivity (Wildman–Crippen MR) is 350 cm³/mol. The lowest BCUT2D eigenvalue weighted by Gasteiger charge is -2.31. The van der Waals surface area contributed by atoms with Crippen LogP contribution in [0.5, 0.6) is 23.0 Å². The van der Waals surface area contributed by atoms with Crippen LogP contribution in [-0.4, -0.2) is 107 Å². The molecule has 19 nitrogen and oxygen atoms in total. The zero-order valence-corrected chi connectivity index (χ0v) is 51.4. The fourth-order valence-electron chi connectivity index (χ4n) is 10.8. The molecule has 474 valence electrons. The molecular formula is C70H65F2N5O14S. The number of fused-ring (bicyclic) bond motifs is 9. The van der Waals surface area contributed by atoms with E-state index >= 15 is 0 Å². The van der Waals surface area contributed by atoms with Gasteiger partial charge in [-0.1, -0.05) is 79.2 Å². The third-order valence-corrected chi connectivity index (χ3v) is 17.0. The smallest absolute Gasteiger partial charge is 0.377 e. The van der Waals surface area contributed by atoms with E-state index in [9.17, 15) is 41.2 Å². The Balaban J connectivity index is 0.000000143. The van der Waals surface area contributed by atoms with Crippen LogP contribution in [0, 0.1) is 0 Å². The van der Waals surface area contributed by atoms with Gasteiger partial charge in [0.2, 0.25) is 11.8 Å². The van der Waals surface area contributed by atoms with Crippen LogP contribution in [0.2, 0.25) is 0 Å². The summed E-state index contributed by atoms with van der Waals surface area (Å²) in [6.07, 6.45) is 3.50. The van der Waals surface area contributed by atoms with Gasteiger partial charge in [0.15, 0.2) is 0 Å². The summed E-state index contributed by atoms with van der Waals surface area (Å²) in [5.74, 6) is 1.19. The van der Waals surface area contributed by atoms with Gasteiger partial charge in [-0.05, 0) is 123 Å². The minimum atomic E-state index is -5.15. The number of likely N-dealkylation sites (N-methyl/N-ethyl adjacent to an activating group) is 1. The molecule has 0 radical (unpaired) electrons. The molecule has 0 spiro atoms.